The van der Waals surface area contributed by atoms with E-state index in [9.17, 15) is 9.59 Å². The van der Waals surface area contributed by atoms with Crippen molar-refractivity contribution in [2.45, 2.75) is 20.3 Å². The molecule has 2 aromatic carbocycles. The van der Waals surface area contributed by atoms with Crippen LogP contribution in [0.1, 0.15) is 23.1 Å². The summed E-state index contributed by atoms with van der Waals surface area (Å²) in [5, 5.41) is 8.96. The molecule has 2 aromatic rings. The van der Waals surface area contributed by atoms with Gasteiger partial charge in [-0.1, -0.05) is 24.3 Å². The standard InChI is InChI=1S/C20H21N3O4/c1-14-7-8-15(2)18(11-14)26-10-9-19(24)22-23-20(25)13-27-17-6-4-3-5-16(17)12-21/h3-8,11H,9-10,13H2,1-2H3,(H,22,24)(H,23,25). The fraction of sp³-hybridized carbons (Fsp3) is 0.250. The first kappa shape index (κ1) is 19.8. The van der Waals surface area contributed by atoms with E-state index in [2.05, 4.69) is 10.9 Å². The zero-order valence-electron chi connectivity index (χ0n) is 15.2. The van der Waals surface area contributed by atoms with E-state index in [1.807, 2.05) is 38.1 Å². The molecule has 0 bridgehead atoms. The number of rotatable bonds is 7. The molecule has 27 heavy (non-hydrogen) atoms. The summed E-state index contributed by atoms with van der Waals surface area (Å²) in [6, 6.07) is 14.4. The number of amides is 2. The number of carbonyl (C=O) groups excluding carboxylic acids is 2. The van der Waals surface area contributed by atoms with Gasteiger partial charge in [0.15, 0.2) is 6.61 Å². The van der Waals surface area contributed by atoms with Crippen molar-refractivity contribution >= 4 is 11.8 Å². The van der Waals surface area contributed by atoms with Crippen molar-refractivity contribution in [3.8, 4) is 17.6 Å². The third-order valence-corrected chi connectivity index (χ3v) is 3.64. The predicted octanol–water partition coefficient (Wildman–Crippen LogP) is 2.17. The number of nitrogens with one attached hydrogen (secondary N) is 2. The van der Waals surface area contributed by atoms with E-state index in [-0.39, 0.29) is 25.5 Å². The molecular formula is C20H21N3O4. The molecular weight excluding hydrogens is 346 g/mol. The van der Waals surface area contributed by atoms with Crippen molar-refractivity contribution in [1.82, 2.24) is 10.9 Å². The minimum atomic E-state index is -0.536. The van der Waals surface area contributed by atoms with Crippen LogP contribution in [0.4, 0.5) is 0 Å². The highest BCUT2D eigenvalue weighted by molar-refractivity contribution is 5.82. The van der Waals surface area contributed by atoms with Gasteiger partial charge in [-0.15, -0.1) is 0 Å². The quantitative estimate of drug-likeness (QED) is 0.731. The smallest absolute Gasteiger partial charge is 0.276 e. The molecule has 0 saturated carbocycles. The fourth-order valence-corrected chi connectivity index (χ4v) is 2.18. The number of aryl methyl sites for hydroxylation is 2. The molecule has 0 unspecified atom stereocenters. The van der Waals surface area contributed by atoms with Gasteiger partial charge in [0.05, 0.1) is 18.6 Å². The second kappa shape index (κ2) is 9.82. The predicted molar refractivity (Wildman–Crippen MR) is 99.0 cm³/mol. The van der Waals surface area contributed by atoms with Gasteiger partial charge in [-0.2, -0.15) is 5.26 Å². The maximum Gasteiger partial charge on any atom is 0.276 e. The van der Waals surface area contributed by atoms with Gasteiger partial charge < -0.3 is 9.47 Å². The number of benzene rings is 2. The molecule has 140 valence electrons. The molecule has 7 heteroatoms. The Kier molecular flexibility index (Phi) is 7.20. The van der Waals surface area contributed by atoms with E-state index in [0.717, 1.165) is 16.9 Å². The number of nitrogens with zero attached hydrogens (tertiary/aromatic N) is 1. The lowest BCUT2D eigenvalue weighted by Crippen LogP contribution is -2.44. The molecule has 0 spiro atoms. The minimum absolute atomic E-state index is 0.0891. The van der Waals surface area contributed by atoms with Gasteiger partial charge in [-0.25, -0.2) is 0 Å². The van der Waals surface area contributed by atoms with E-state index in [1.165, 1.54) is 0 Å². The summed E-state index contributed by atoms with van der Waals surface area (Å²) >= 11 is 0. The SMILES string of the molecule is Cc1ccc(C)c(OCCC(=O)NNC(=O)COc2ccccc2C#N)c1. The second-order valence-corrected chi connectivity index (χ2v) is 5.86. The van der Waals surface area contributed by atoms with Gasteiger partial charge >= 0.3 is 0 Å². The number of para-hydroxylation sites is 1. The van der Waals surface area contributed by atoms with Crippen LogP contribution >= 0.6 is 0 Å². The number of nitriles is 1. The van der Waals surface area contributed by atoms with E-state index in [1.54, 1.807) is 24.3 Å². The minimum Gasteiger partial charge on any atom is -0.493 e. The highest BCUT2D eigenvalue weighted by Crippen LogP contribution is 2.19. The molecule has 2 N–H and O–H groups in total. The lowest BCUT2D eigenvalue weighted by atomic mass is 10.1. The average Bonchev–Trinajstić information content (AvgIpc) is 2.67. The van der Waals surface area contributed by atoms with Gasteiger partial charge in [-0.05, 0) is 43.2 Å². The summed E-state index contributed by atoms with van der Waals surface area (Å²) in [6.07, 6.45) is 0.0891. The van der Waals surface area contributed by atoms with Crippen molar-refractivity contribution in [2.24, 2.45) is 0 Å². The molecule has 0 aliphatic carbocycles. The van der Waals surface area contributed by atoms with E-state index in [4.69, 9.17) is 14.7 Å². The van der Waals surface area contributed by atoms with Crippen LogP contribution in [0.2, 0.25) is 0 Å². The van der Waals surface area contributed by atoms with Gasteiger partial charge in [0, 0.05) is 0 Å². The fourth-order valence-electron chi connectivity index (χ4n) is 2.18. The van der Waals surface area contributed by atoms with Crippen LogP contribution < -0.4 is 20.3 Å². The monoisotopic (exact) mass is 367 g/mol. The average molecular weight is 367 g/mol. The van der Waals surface area contributed by atoms with Crippen LogP contribution in [0, 0.1) is 25.2 Å². The molecule has 0 heterocycles. The summed E-state index contributed by atoms with van der Waals surface area (Å²) in [6.45, 7) is 3.77. The molecule has 0 radical (unpaired) electrons. The van der Waals surface area contributed by atoms with Crippen LogP contribution in [0.3, 0.4) is 0 Å². The highest BCUT2D eigenvalue weighted by atomic mass is 16.5. The third-order valence-electron chi connectivity index (χ3n) is 3.64. The number of hydrogen-bond acceptors (Lipinski definition) is 5. The molecule has 0 saturated heterocycles. The van der Waals surface area contributed by atoms with Gasteiger partial charge in [0.1, 0.15) is 17.6 Å². The normalized spacial score (nSPS) is 9.81. The highest BCUT2D eigenvalue weighted by Gasteiger charge is 2.08. The molecule has 2 rings (SSSR count). The van der Waals surface area contributed by atoms with E-state index < -0.39 is 5.91 Å². The van der Waals surface area contributed by atoms with Crippen LogP contribution in [0.25, 0.3) is 0 Å². The molecule has 0 aliphatic rings. The van der Waals surface area contributed by atoms with Crippen molar-refractivity contribution in [3.63, 3.8) is 0 Å². The Hall–Kier alpha value is -3.53. The van der Waals surface area contributed by atoms with Gasteiger partial charge in [0.25, 0.3) is 5.91 Å². The van der Waals surface area contributed by atoms with Crippen molar-refractivity contribution in [1.29, 1.82) is 5.26 Å². The Bertz CT molecular complexity index is 859. The third kappa shape index (κ3) is 6.36. The number of carbonyl (C=O) groups is 2. The lowest BCUT2D eigenvalue weighted by molar-refractivity contribution is -0.130. The van der Waals surface area contributed by atoms with Crippen molar-refractivity contribution in [2.75, 3.05) is 13.2 Å². The number of hydrazine groups is 1. The number of ether oxygens (including phenoxy) is 2. The van der Waals surface area contributed by atoms with Gasteiger partial charge in [-0.3, -0.25) is 20.4 Å². The van der Waals surface area contributed by atoms with Crippen LogP contribution in [-0.4, -0.2) is 25.0 Å². The molecule has 0 aliphatic heterocycles. The Morgan fingerprint density at radius 3 is 2.52 bits per heavy atom. The maximum atomic E-state index is 11.8. The Morgan fingerprint density at radius 2 is 1.74 bits per heavy atom. The van der Waals surface area contributed by atoms with Crippen LogP contribution in [-0.2, 0) is 9.59 Å². The molecule has 0 fully saturated rings. The van der Waals surface area contributed by atoms with Gasteiger partial charge in [0.2, 0.25) is 5.91 Å². The van der Waals surface area contributed by atoms with E-state index in [0.29, 0.717) is 11.3 Å². The molecule has 7 nitrogen and oxygen atoms in total. The molecule has 0 aromatic heterocycles. The van der Waals surface area contributed by atoms with Crippen LogP contribution in [0.15, 0.2) is 42.5 Å². The zero-order chi connectivity index (χ0) is 19.6. The second-order valence-electron chi connectivity index (χ2n) is 5.86. The van der Waals surface area contributed by atoms with Crippen molar-refractivity contribution in [3.05, 3.63) is 59.2 Å². The molecule has 2 amide bonds. The summed E-state index contributed by atoms with van der Waals surface area (Å²) in [4.78, 5) is 23.5. The lowest BCUT2D eigenvalue weighted by Gasteiger charge is -2.11. The van der Waals surface area contributed by atoms with E-state index >= 15 is 0 Å². The zero-order valence-corrected chi connectivity index (χ0v) is 15.2. The first-order valence-corrected chi connectivity index (χ1v) is 8.39. The topological polar surface area (TPSA) is 100 Å². The van der Waals surface area contributed by atoms with Crippen LogP contribution in [0.5, 0.6) is 11.5 Å². The summed E-state index contributed by atoms with van der Waals surface area (Å²) in [5.74, 6) is 0.123. The molecule has 0 atom stereocenters. The Labute approximate surface area is 157 Å². The summed E-state index contributed by atoms with van der Waals surface area (Å²) in [5.41, 5.74) is 6.95. The summed E-state index contributed by atoms with van der Waals surface area (Å²) < 4.78 is 10.9. The van der Waals surface area contributed by atoms with Crippen molar-refractivity contribution < 1.29 is 19.1 Å². The maximum absolute atomic E-state index is 11.8. The first-order valence-electron chi connectivity index (χ1n) is 8.39. The summed E-state index contributed by atoms with van der Waals surface area (Å²) in [7, 11) is 0. The Morgan fingerprint density at radius 1 is 1.00 bits per heavy atom. The first-order chi connectivity index (χ1) is 13.0. The number of hydrogen-bond donors (Lipinski definition) is 2. The largest absolute Gasteiger partial charge is 0.493 e. The Balaban J connectivity index is 1.68.